The van der Waals surface area contributed by atoms with Gasteiger partial charge in [0, 0.05) is 33.4 Å². The number of benzene rings is 6. The number of hydrogen-bond acceptors (Lipinski definition) is 6. The molecule has 6 aromatic carbocycles. The zero-order valence-electron chi connectivity index (χ0n) is 26.8. The molecule has 0 aliphatic heterocycles. The van der Waals surface area contributed by atoms with Crippen LogP contribution in [0.4, 0.5) is 0 Å². The fraction of sp³-hybridized carbons (Fsp3) is 0. The lowest BCUT2D eigenvalue weighted by Gasteiger charge is -2.11. The predicted octanol–water partition coefficient (Wildman–Crippen LogP) is 10.2. The van der Waals surface area contributed by atoms with Gasteiger partial charge in [0.2, 0.25) is 0 Å². The summed E-state index contributed by atoms with van der Waals surface area (Å²) in [7, 11) is 0. The number of nitrogens with zero attached hydrogens (tertiary/aromatic N) is 6. The summed E-state index contributed by atoms with van der Waals surface area (Å²) in [6.07, 6.45) is 0. The van der Waals surface area contributed by atoms with Crippen molar-refractivity contribution in [1.29, 1.82) is 5.26 Å². The van der Waals surface area contributed by atoms with E-state index >= 15 is 0 Å². The zero-order valence-corrected chi connectivity index (χ0v) is 26.8. The van der Waals surface area contributed by atoms with E-state index in [0.29, 0.717) is 28.9 Å². The van der Waals surface area contributed by atoms with Gasteiger partial charge in [-0.1, -0.05) is 140 Å². The normalized spacial score (nSPS) is 10.8. The van der Waals surface area contributed by atoms with E-state index < -0.39 is 0 Å². The van der Waals surface area contributed by atoms with Crippen LogP contribution in [-0.2, 0) is 0 Å². The molecule has 0 N–H and O–H groups in total. The summed E-state index contributed by atoms with van der Waals surface area (Å²) in [5.74, 6) is 2.45. The van der Waals surface area contributed by atoms with Gasteiger partial charge in [-0.25, -0.2) is 24.9 Å². The lowest BCUT2D eigenvalue weighted by molar-refractivity contribution is 1.07. The quantitative estimate of drug-likeness (QED) is 0.172. The Balaban J connectivity index is 1.20. The van der Waals surface area contributed by atoms with Crippen molar-refractivity contribution in [2.45, 2.75) is 0 Å². The van der Waals surface area contributed by atoms with E-state index in [-0.39, 0.29) is 0 Å². The maximum atomic E-state index is 9.32. The highest BCUT2D eigenvalue weighted by atomic mass is 15.0. The third kappa shape index (κ3) is 6.40. The van der Waals surface area contributed by atoms with Crippen LogP contribution < -0.4 is 0 Å². The molecule has 2 heterocycles. The van der Waals surface area contributed by atoms with E-state index in [4.69, 9.17) is 24.9 Å². The number of hydrogen-bond donors (Lipinski definition) is 0. The molecule has 0 amide bonds. The van der Waals surface area contributed by atoms with Crippen LogP contribution in [0.3, 0.4) is 0 Å². The van der Waals surface area contributed by atoms with Crippen molar-refractivity contribution in [3.63, 3.8) is 0 Å². The van der Waals surface area contributed by atoms with Crippen LogP contribution in [0.25, 0.3) is 79.2 Å². The third-order valence-corrected chi connectivity index (χ3v) is 8.38. The molecule has 0 bridgehead atoms. The predicted molar refractivity (Wildman–Crippen MR) is 198 cm³/mol. The monoisotopic (exact) mass is 640 g/mol. The van der Waals surface area contributed by atoms with E-state index in [9.17, 15) is 5.26 Å². The van der Waals surface area contributed by atoms with E-state index in [1.807, 2.05) is 146 Å². The standard InChI is InChI=1S/C44H28N6/c45-29-30-22-24-32(25-23-30)40-28-39(31-12-4-1-5-13-31)46-43(47-40)37-20-10-18-35(26-37)36-19-11-21-38(27-36)44-49-41(33-14-6-2-7-15-33)48-42(50-44)34-16-8-3-9-17-34/h1-28H. The molecule has 0 fully saturated rings. The molecule has 8 rings (SSSR count). The molecule has 0 saturated carbocycles. The summed E-state index contributed by atoms with van der Waals surface area (Å²) in [4.78, 5) is 24.7. The summed E-state index contributed by atoms with van der Waals surface area (Å²) >= 11 is 0. The summed E-state index contributed by atoms with van der Waals surface area (Å²) in [5, 5.41) is 9.32. The van der Waals surface area contributed by atoms with E-state index in [2.05, 4.69) is 30.3 Å². The SMILES string of the molecule is N#Cc1ccc(-c2cc(-c3ccccc3)nc(-c3cccc(-c4cccc(-c5nc(-c6ccccc6)nc(-c6ccccc6)n5)c4)c3)n2)cc1. The van der Waals surface area contributed by atoms with Crippen LogP contribution >= 0.6 is 0 Å². The Morgan fingerprint density at radius 2 is 0.660 bits per heavy atom. The maximum absolute atomic E-state index is 9.32. The fourth-order valence-corrected chi connectivity index (χ4v) is 5.81. The van der Waals surface area contributed by atoms with Gasteiger partial charge < -0.3 is 0 Å². The molecule has 8 aromatic rings. The summed E-state index contributed by atoms with van der Waals surface area (Å²) in [6, 6.07) is 58.2. The first kappa shape index (κ1) is 30.2. The Labute approximate surface area is 290 Å². The van der Waals surface area contributed by atoms with E-state index in [1.165, 1.54) is 0 Å². The van der Waals surface area contributed by atoms with Gasteiger partial charge in [-0.2, -0.15) is 5.26 Å². The minimum Gasteiger partial charge on any atom is -0.228 e. The van der Waals surface area contributed by atoms with Gasteiger partial charge in [-0.05, 0) is 41.5 Å². The van der Waals surface area contributed by atoms with Crippen LogP contribution in [0.2, 0.25) is 0 Å². The summed E-state index contributed by atoms with van der Waals surface area (Å²) in [6.45, 7) is 0. The first-order chi connectivity index (χ1) is 24.7. The first-order valence-corrected chi connectivity index (χ1v) is 16.2. The molecule has 6 heteroatoms. The van der Waals surface area contributed by atoms with Crippen molar-refractivity contribution < 1.29 is 0 Å². The van der Waals surface area contributed by atoms with Gasteiger partial charge in [-0.3, -0.25) is 0 Å². The van der Waals surface area contributed by atoms with Crippen LogP contribution in [-0.4, -0.2) is 24.9 Å². The minimum absolute atomic E-state index is 0.599. The van der Waals surface area contributed by atoms with E-state index in [0.717, 1.165) is 55.9 Å². The minimum atomic E-state index is 0.599. The molecule has 0 saturated heterocycles. The summed E-state index contributed by atoms with van der Waals surface area (Å²) < 4.78 is 0. The highest BCUT2D eigenvalue weighted by Crippen LogP contribution is 2.32. The molecule has 0 unspecified atom stereocenters. The fourth-order valence-electron chi connectivity index (χ4n) is 5.81. The van der Waals surface area contributed by atoms with Crippen molar-refractivity contribution in [2.75, 3.05) is 0 Å². The topological polar surface area (TPSA) is 88.2 Å². The zero-order chi connectivity index (χ0) is 33.7. The molecular weight excluding hydrogens is 613 g/mol. The second kappa shape index (κ2) is 13.6. The van der Waals surface area contributed by atoms with Gasteiger partial charge in [-0.15, -0.1) is 0 Å². The number of rotatable bonds is 7. The molecule has 0 spiro atoms. The Morgan fingerprint density at radius 1 is 0.300 bits per heavy atom. The molecule has 0 aliphatic carbocycles. The average molecular weight is 641 g/mol. The Morgan fingerprint density at radius 3 is 1.12 bits per heavy atom. The number of aromatic nitrogens is 5. The second-order valence-electron chi connectivity index (χ2n) is 11.7. The van der Waals surface area contributed by atoms with Crippen molar-refractivity contribution in [1.82, 2.24) is 24.9 Å². The van der Waals surface area contributed by atoms with Crippen molar-refractivity contribution in [3.05, 3.63) is 175 Å². The third-order valence-electron chi connectivity index (χ3n) is 8.38. The van der Waals surface area contributed by atoms with Crippen LogP contribution in [0.1, 0.15) is 5.56 Å². The molecule has 0 atom stereocenters. The van der Waals surface area contributed by atoms with Crippen molar-refractivity contribution >= 4 is 0 Å². The van der Waals surface area contributed by atoms with E-state index in [1.54, 1.807) is 0 Å². The van der Waals surface area contributed by atoms with Crippen LogP contribution in [0, 0.1) is 11.3 Å². The lowest BCUT2D eigenvalue weighted by Crippen LogP contribution is -2.00. The Hall–Kier alpha value is -7.10. The first-order valence-electron chi connectivity index (χ1n) is 16.2. The van der Waals surface area contributed by atoms with Crippen molar-refractivity contribution in [2.24, 2.45) is 0 Å². The van der Waals surface area contributed by atoms with Gasteiger partial charge >= 0.3 is 0 Å². The largest absolute Gasteiger partial charge is 0.228 e. The molecular formula is C44H28N6. The van der Waals surface area contributed by atoms with Crippen molar-refractivity contribution in [3.8, 4) is 85.3 Å². The second-order valence-corrected chi connectivity index (χ2v) is 11.7. The molecule has 0 aliphatic rings. The highest BCUT2D eigenvalue weighted by Gasteiger charge is 2.15. The van der Waals surface area contributed by atoms with Gasteiger partial charge in [0.25, 0.3) is 0 Å². The molecule has 234 valence electrons. The van der Waals surface area contributed by atoms with Crippen LogP contribution in [0.5, 0.6) is 0 Å². The average Bonchev–Trinajstić information content (AvgIpc) is 3.21. The van der Waals surface area contributed by atoms with Gasteiger partial charge in [0.05, 0.1) is 23.0 Å². The maximum Gasteiger partial charge on any atom is 0.164 e. The Bertz CT molecular complexity index is 2420. The Kier molecular flexibility index (Phi) is 8.20. The van der Waals surface area contributed by atoms with Gasteiger partial charge in [0.1, 0.15) is 0 Å². The smallest absolute Gasteiger partial charge is 0.164 e. The molecule has 50 heavy (non-hydrogen) atoms. The lowest BCUT2D eigenvalue weighted by atomic mass is 10.00. The highest BCUT2D eigenvalue weighted by molar-refractivity contribution is 5.77. The number of nitriles is 1. The summed E-state index contributed by atoms with van der Waals surface area (Å²) in [5.41, 5.74) is 9.76. The van der Waals surface area contributed by atoms with Gasteiger partial charge in [0.15, 0.2) is 23.3 Å². The molecule has 6 nitrogen and oxygen atoms in total. The molecule has 2 aromatic heterocycles. The van der Waals surface area contributed by atoms with Crippen LogP contribution in [0.15, 0.2) is 170 Å². The molecule has 0 radical (unpaired) electrons.